The molecule has 1 aromatic carbocycles. The number of amides is 3. The van der Waals surface area contributed by atoms with Crippen LogP contribution >= 0.6 is 11.6 Å². The van der Waals surface area contributed by atoms with E-state index < -0.39 is 66.2 Å². The first-order valence-corrected chi connectivity index (χ1v) is 11.8. The SMILES string of the molecule is CC(F)(F)CC[C@H](NC(=O)c1cc(Cl)cnc1NC(=O)c1cccc(C(F)(F)F)c1)[C@H](O)C(=O)NC1CC1. The molecule has 1 fully saturated rings. The Morgan fingerprint density at radius 3 is 2.42 bits per heavy atom. The lowest BCUT2D eigenvalue weighted by Crippen LogP contribution is -2.51. The van der Waals surface area contributed by atoms with E-state index in [1.54, 1.807) is 0 Å². The van der Waals surface area contributed by atoms with Crippen LogP contribution in [0.2, 0.25) is 5.02 Å². The number of alkyl halides is 5. The maximum atomic E-state index is 13.5. The molecule has 206 valence electrons. The van der Waals surface area contributed by atoms with Crippen LogP contribution in [-0.4, -0.2) is 51.9 Å². The van der Waals surface area contributed by atoms with Gasteiger partial charge in [0, 0.05) is 24.2 Å². The van der Waals surface area contributed by atoms with Crippen molar-refractivity contribution in [2.75, 3.05) is 5.32 Å². The van der Waals surface area contributed by atoms with Crippen molar-refractivity contribution in [2.24, 2.45) is 0 Å². The Labute approximate surface area is 219 Å². The number of hydrogen-bond donors (Lipinski definition) is 4. The molecule has 3 rings (SSSR count). The van der Waals surface area contributed by atoms with Crippen molar-refractivity contribution < 1.29 is 41.4 Å². The maximum Gasteiger partial charge on any atom is 0.416 e. The average molecular weight is 563 g/mol. The molecule has 2 aromatic rings. The van der Waals surface area contributed by atoms with Crippen molar-refractivity contribution in [1.82, 2.24) is 15.6 Å². The molecule has 0 bridgehead atoms. The molecule has 1 aliphatic rings. The van der Waals surface area contributed by atoms with E-state index in [1.807, 2.05) is 0 Å². The van der Waals surface area contributed by atoms with Crippen LogP contribution in [0.5, 0.6) is 0 Å². The van der Waals surface area contributed by atoms with Gasteiger partial charge in [0.2, 0.25) is 5.92 Å². The van der Waals surface area contributed by atoms with Gasteiger partial charge in [0.05, 0.1) is 22.2 Å². The van der Waals surface area contributed by atoms with Crippen molar-refractivity contribution in [3.05, 3.63) is 58.2 Å². The maximum absolute atomic E-state index is 13.5. The molecule has 1 aliphatic carbocycles. The molecular weight excluding hydrogens is 539 g/mol. The van der Waals surface area contributed by atoms with Crippen molar-refractivity contribution >= 4 is 35.1 Å². The molecule has 0 radical (unpaired) electrons. The Hall–Kier alpha value is -3.32. The predicted molar refractivity (Wildman–Crippen MR) is 127 cm³/mol. The number of benzene rings is 1. The fourth-order valence-electron chi connectivity index (χ4n) is 3.39. The Bertz CT molecular complexity index is 1200. The lowest BCUT2D eigenvalue weighted by molar-refractivity contribution is -0.137. The molecule has 38 heavy (non-hydrogen) atoms. The number of halogens is 6. The monoisotopic (exact) mass is 562 g/mol. The third-order valence-corrected chi connectivity index (χ3v) is 5.77. The highest BCUT2D eigenvalue weighted by atomic mass is 35.5. The molecule has 1 saturated carbocycles. The van der Waals surface area contributed by atoms with Gasteiger partial charge in [-0.3, -0.25) is 14.4 Å². The number of carbonyl (C=O) groups is 3. The smallest absolute Gasteiger partial charge is 0.381 e. The first kappa shape index (κ1) is 29.2. The number of aromatic nitrogens is 1. The second-order valence-electron chi connectivity index (χ2n) is 9.00. The predicted octanol–water partition coefficient (Wildman–Crippen LogP) is 4.18. The van der Waals surface area contributed by atoms with Gasteiger partial charge < -0.3 is 21.1 Å². The van der Waals surface area contributed by atoms with E-state index in [-0.39, 0.29) is 22.2 Å². The average Bonchev–Trinajstić information content (AvgIpc) is 3.65. The van der Waals surface area contributed by atoms with Gasteiger partial charge in [-0.1, -0.05) is 17.7 Å². The lowest BCUT2D eigenvalue weighted by Gasteiger charge is -2.25. The highest BCUT2D eigenvalue weighted by molar-refractivity contribution is 6.31. The molecule has 1 aromatic heterocycles. The Balaban J connectivity index is 1.82. The molecule has 4 N–H and O–H groups in total. The number of aliphatic hydroxyl groups is 1. The molecule has 14 heteroatoms. The summed E-state index contributed by atoms with van der Waals surface area (Å²) in [5.41, 5.74) is -1.82. The quantitative estimate of drug-likeness (QED) is 0.324. The number of anilines is 1. The van der Waals surface area contributed by atoms with Crippen LogP contribution in [0, 0.1) is 0 Å². The normalized spacial score (nSPS) is 15.4. The number of aliphatic hydroxyl groups excluding tert-OH is 1. The van der Waals surface area contributed by atoms with Crippen LogP contribution in [0.15, 0.2) is 36.5 Å². The van der Waals surface area contributed by atoms with E-state index in [1.165, 1.54) is 0 Å². The van der Waals surface area contributed by atoms with Gasteiger partial charge in [-0.05, 0) is 50.5 Å². The number of rotatable bonds is 10. The Morgan fingerprint density at radius 2 is 1.82 bits per heavy atom. The van der Waals surface area contributed by atoms with Crippen molar-refractivity contribution in [1.29, 1.82) is 0 Å². The molecule has 1 heterocycles. The fraction of sp³-hybridized carbons (Fsp3) is 0.417. The summed E-state index contributed by atoms with van der Waals surface area (Å²) in [6.45, 7) is 0.644. The lowest BCUT2D eigenvalue weighted by atomic mass is 10.0. The van der Waals surface area contributed by atoms with Gasteiger partial charge in [-0.2, -0.15) is 13.2 Å². The van der Waals surface area contributed by atoms with Gasteiger partial charge in [0.1, 0.15) is 5.82 Å². The van der Waals surface area contributed by atoms with E-state index in [9.17, 15) is 41.4 Å². The minimum atomic E-state index is -4.70. The van der Waals surface area contributed by atoms with E-state index in [0.29, 0.717) is 25.8 Å². The summed E-state index contributed by atoms with van der Waals surface area (Å²) >= 11 is 5.93. The Kier molecular flexibility index (Phi) is 8.93. The second-order valence-corrected chi connectivity index (χ2v) is 9.44. The second kappa shape index (κ2) is 11.6. The number of nitrogens with one attached hydrogen (secondary N) is 3. The van der Waals surface area contributed by atoms with Crippen LogP contribution in [0.25, 0.3) is 0 Å². The van der Waals surface area contributed by atoms with Crippen molar-refractivity contribution in [3.63, 3.8) is 0 Å². The Morgan fingerprint density at radius 1 is 1.13 bits per heavy atom. The van der Waals surface area contributed by atoms with Gasteiger partial charge in [0.25, 0.3) is 17.7 Å². The van der Waals surface area contributed by atoms with E-state index in [2.05, 4.69) is 20.9 Å². The van der Waals surface area contributed by atoms with Gasteiger partial charge >= 0.3 is 6.18 Å². The highest BCUT2D eigenvalue weighted by Gasteiger charge is 2.35. The van der Waals surface area contributed by atoms with E-state index >= 15 is 0 Å². The molecule has 2 atom stereocenters. The summed E-state index contributed by atoms with van der Waals surface area (Å²) in [7, 11) is 0. The summed E-state index contributed by atoms with van der Waals surface area (Å²) < 4.78 is 66.1. The summed E-state index contributed by atoms with van der Waals surface area (Å²) in [6, 6.07) is 3.03. The minimum Gasteiger partial charge on any atom is -0.381 e. The molecule has 8 nitrogen and oxygen atoms in total. The van der Waals surface area contributed by atoms with Crippen molar-refractivity contribution in [3.8, 4) is 0 Å². The summed E-state index contributed by atoms with van der Waals surface area (Å²) in [6.07, 6.45) is -5.34. The van der Waals surface area contributed by atoms with E-state index in [0.717, 1.165) is 30.5 Å². The zero-order chi connectivity index (χ0) is 28.3. The largest absolute Gasteiger partial charge is 0.416 e. The number of hydrogen-bond acceptors (Lipinski definition) is 5. The standard InChI is InChI=1S/C24H24ClF5N4O4/c1-23(26,27)8-7-17(18(35)22(38)32-15-5-6-15)33-21(37)16-10-14(25)11-31-19(16)34-20(36)12-3-2-4-13(9-12)24(28,29)30/h2-4,9-11,15,17-18,35H,5-8H2,1H3,(H,32,38)(H,33,37)(H,31,34,36)/t17-,18-/m0/s1. The summed E-state index contributed by atoms with van der Waals surface area (Å²) in [5.74, 6) is -6.45. The van der Waals surface area contributed by atoms with Crippen LogP contribution in [0.4, 0.5) is 27.8 Å². The van der Waals surface area contributed by atoms with Gasteiger partial charge in [-0.25, -0.2) is 13.8 Å². The fourth-order valence-corrected chi connectivity index (χ4v) is 3.55. The third-order valence-electron chi connectivity index (χ3n) is 5.57. The van der Waals surface area contributed by atoms with Gasteiger partial charge in [-0.15, -0.1) is 0 Å². The van der Waals surface area contributed by atoms with Crippen molar-refractivity contribution in [2.45, 2.75) is 62.9 Å². The summed E-state index contributed by atoms with van der Waals surface area (Å²) in [4.78, 5) is 41.9. The van der Waals surface area contributed by atoms with Gasteiger partial charge in [0.15, 0.2) is 6.10 Å². The molecule has 0 aliphatic heterocycles. The number of pyridine rings is 1. The third kappa shape index (κ3) is 8.35. The molecule has 0 saturated heterocycles. The first-order valence-electron chi connectivity index (χ1n) is 11.5. The van der Waals surface area contributed by atoms with E-state index in [4.69, 9.17) is 11.6 Å². The zero-order valence-corrected chi connectivity index (χ0v) is 20.7. The molecular formula is C24H24ClF5N4O4. The minimum absolute atomic E-state index is 0.0594. The topological polar surface area (TPSA) is 120 Å². The number of nitrogens with zero attached hydrogens (tertiary/aromatic N) is 1. The molecule has 0 unspecified atom stereocenters. The van der Waals surface area contributed by atoms with Crippen LogP contribution < -0.4 is 16.0 Å². The molecule has 3 amide bonds. The molecule has 0 spiro atoms. The van der Waals surface area contributed by atoms with Crippen LogP contribution in [-0.2, 0) is 11.0 Å². The van der Waals surface area contributed by atoms with Crippen LogP contribution in [0.1, 0.15) is 58.9 Å². The first-order chi connectivity index (χ1) is 17.6. The van der Waals surface area contributed by atoms with Crippen LogP contribution in [0.3, 0.4) is 0 Å². The highest BCUT2D eigenvalue weighted by Crippen LogP contribution is 2.30. The zero-order valence-electron chi connectivity index (χ0n) is 19.9. The number of carbonyl (C=O) groups excluding carboxylic acids is 3. The summed E-state index contributed by atoms with van der Waals surface area (Å²) in [5, 5.41) is 17.5.